The quantitative estimate of drug-likeness (QED) is 0.654. The van der Waals surface area contributed by atoms with Crippen LogP contribution in [0.3, 0.4) is 0 Å². The molecule has 1 aliphatic heterocycles. The average Bonchev–Trinajstić information content (AvgIpc) is 3.12. The number of carbonyl (C=O) groups excluding carboxylic acids is 1. The number of halogens is 2. The topological polar surface area (TPSA) is 38.8 Å². The number of carbonyl (C=O) groups is 1. The number of hydrogen-bond acceptors (Lipinski definition) is 3. The molecule has 0 aromatic heterocycles. The van der Waals surface area contributed by atoms with Crippen molar-refractivity contribution < 1.29 is 14.3 Å². The van der Waals surface area contributed by atoms with Crippen LogP contribution in [-0.2, 0) is 4.79 Å². The molecule has 0 unspecified atom stereocenters. The molecule has 0 N–H and O–H groups in total. The van der Waals surface area contributed by atoms with E-state index in [-0.39, 0.29) is 11.9 Å². The Bertz CT molecular complexity index is 821. The summed E-state index contributed by atoms with van der Waals surface area (Å²) in [7, 11) is 1.55. The largest absolute Gasteiger partial charge is 0.493 e. The summed E-state index contributed by atoms with van der Waals surface area (Å²) in [6.07, 6.45) is 1.88. The molecule has 2 aromatic carbocycles. The predicted molar refractivity (Wildman–Crippen MR) is 108 cm³/mol. The van der Waals surface area contributed by atoms with Gasteiger partial charge in [0.25, 0.3) is 5.91 Å². The minimum absolute atomic E-state index is 0.0322. The molecule has 27 heavy (non-hydrogen) atoms. The van der Waals surface area contributed by atoms with Crippen LogP contribution in [0.2, 0.25) is 10.0 Å². The monoisotopic (exact) mass is 407 g/mol. The van der Waals surface area contributed by atoms with Crippen molar-refractivity contribution in [3.8, 4) is 11.5 Å². The second kappa shape index (κ2) is 7.99. The second-order valence-electron chi connectivity index (χ2n) is 7.12. The summed E-state index contributed by atoms with van der Waals surface area (Å²) < 4.78 is 11.4. The fraction of sp³-hybridized carbons (Fsp3) is 0.381. The van der Waals surface area contributed by atoms with Crippen LogP contribution < -0.4 is 9.47 Å². The van der Waals surface area contributed by atoms with Crippen molar-refractivity contribution >= 4 is 29.1 Å². The van der Waals surface area contributed by atoms with Gasteiger partial charge in [-0.15, -0.1) is 0 Å². The lowest BCUT2D eigenvalue weighted by Crippen LogP contribution is -2.48. The van der Waals surface area contributed by atoms with E-state index in [0.29, 0.717) is 28.1 Å². The van der Waals surface area contributed by atoms with Gasteiger partial charge in [-0.1, -0.05) is 35.3 Å². The van der Waals surface area contributed by atoms with E-state index in [1.807, 2.05) is 29.2 Å². The number of likely N-dealkylation sites (tertiary alicyclic amines) is 1. The van der Waals surface area contributed by atoms with Crippen LogP contribution in [0.5, 0.6) is 11.5 Å². The summed E-state index contributed by atoms with van der Waals surface area (Å²) in [5.74, 6) is 0.929. The molecular weight excluding hydrogens is 385 g/mol. The van der Waals surface area contributed by atoms with E-state index < -0.39 is 5.60 Å². The summed E-state index contributed by atoms with van der Waals surface area (Å²) in [6.45, 7) is 4.26. The fourth-order valence-electron chi connectivity index (χ4n) is 3.43. The molecule has 6 heteroatoms. The molecule has 1 atom stereocenters. The van der Waals surface area contributed by atoms with E-state index in [0.717, 1.165) is 18.4 Å². The van der Waals surface area contributed by atoms with Crippen LogP contribution in [0.1, 0.15) is 38.3 Å². The van der Waals surface area contributed by atoms with Gasteiger partial charge in [-0.3, -0.25) is 4.79 Å². The van der Waals surface area contributed by atoms with E-state index in [4.69, 9.17) is 32.7 Å². The average molecular weight is 408 g/mol. The Morgan fingerprint density at radius 1 is 1.07 bits per heavy atom. The van der Waals surface area contributed by atoms with Crippen LogP contribution in [0.15, 0.2) is 42.5 Å². The Labute approximate surface area is 170 Å². The molecule has 0 bridgehead atoms. The number of hydrogen-bond donors (Lipinski definition) is 0. The van der Waals surface area contributed by atoms with E-state index in [1.165, 1.54) is 0 Å². The number of rotatable bonds is 5. The predicted octanol–water partition coefficient (Wildman–Crippen LogP) is 5.52. The lowest BCUT2D eigenvalue weighted by molar-refractivity contribution is -0.146. The highest BCUT2D eigenvalue weighted by molar-refractivity contribution is 6.31. The lowest BCUT2D eigenvalue weighted by atomic mass is 10.0. The Kier molecular flexibility index (Phi) is 5.87. The maximum absolute atomic E-state index is 13.3. The number of amides is 1. The molecule has 1 amide bonds. The van der Waals surface area contributed by atoms with Crippen LogP contribution in [0.25, 0.3) is 0 Å². The van der Waals surface area contributed by atoms with E-state index >= 15 is 0 Å². The molecule has 4 nitrogen and oxygen atoms in total. The highest BCUT2D eigenvalue weighted by Crippen LogP contribution is 2.37. The number of methoxy groups -OCH3 is 1. The van der Waals surface area contributed by atoms with Crippen molar-refractivity contribution in [2.24, 2.45) is 0 Å². The molecule has 1 saturated heterocycles. The minimum Gasteiger partial charge on any atom is -0.493 e. The molecule has 0 radical (unpaired) electrons. The third-order valence-corrected chi connectivity index (χ3v) is 5.26. The molecular formula is C21H23Cl2NO3. The van der Waals surface area contributed by atoms with E-state index in [9.17, 15) is 4.79 Å². The minimum atomic E-state index is -1.05. The smallest absolute Gasteiger partial charge is 0.266 e. The molecule has 144 valence electrons. The van der Waals surface area contributed by atoms with Gasteiger partial charge in [-0.05, 0) is 56.5 Å². The normalized spacial score (nSPS) is 17.1. The molecule has 2 aromatic rings. The Morgan fingerprint density at radius 3 is 2.41 bits per heavy atom. The molecule has 0 spiro atoms. The summed E-state index contributed by atoms with van der Waals surface area (Å²) in [5.41, 5.74) is 0.0426. The summed E-state index contributed by atoms with van der Waals surface area (Å²) in [4.78, 5) is 15.2. The van der Waals surface area contributed by atoms with Gasteiger partial charge in [0.1, 0.15) is 0 Å². The van der Waals surface area contributed by atoms with Gasteiger partial charge in [-0.2, -0.15) is 0 Å². The van der Waals surface area contributed by atoms with E-state index in [1.54, 1.807) is 39.2 Å². The molecule has 0 saturated carbocycles. The van der Waals surface area contributed by atoms with Crippen LogP contribution in [0.4, 0.5) is 0 Å². The molecule has 1 heterocycles. The molecule has 1 aliphatic rings. The number of ether oxygens (including phenoxy) is 2. The standard InChI is InChI=1S/C21H23Cl2NO3/c1-21(2,27-18-11-10-16(23)13-19(18)26-3)20(25)24-12-4-5-17(24)14-6-8-15(22)9-7-14/h6-11,13,17H,4-5,12H2,1-3H3/t17-/m0/s1. The highest BCUT2D eigenvalue weighted by atomic mass is 35.5. The van der Waals surface area contributed by atoms with Crippen LogP contribution in [0, 0.1) is 0 Å². The van der Waals surface area contributed by atoms with Crippen molar-refractivity contribution in [3.05, 3.63) is 58.1 Å². The zero-order chi connectivity index (χ0) is 19.6. The van der Waals surface area contributed by atoms with Crippen LogP contribution in [-0.4, -0.2) is 30.1 Å². The first-order chi connectivity index (χ1) is 12.8. The maximum Gasteiger partial charge on any atom is 0.266 e. The third-order valence-electron chi connectivity index (χ3n) is 4.77. The fourth-order valence-corrected chi connectivity index (χ4v) is 3.72. The first kappa shape index (κ1) is 19.8. The molecule has 1 fully saturated rings. The van der Waals surface area contributed by atoms with Gasteiger partial charge in [0.05, 0.1) is 13.2 Å². The third kappa shape index (κ3) is 4.33. The van der Waals surface area contributed by atoms with Crippen molar-refractivity contribution in [3.63, 3.8) is 0 Å². The van der Waals surface area contributed by atoms with Gasteiger partial charge in [-0.25, -0.2) is 0 Å². The number of benzene rings is 2. The van der Waals surface area contributed by atoms with Gasteiger partial charge >= 0.3 is 0 Å². The molecule has 0 aliphatic carbocycles. The highest BCUT2D eigenvalue weighted by Gasteiger charge is 2.40. The van der Waals surface area contributed by atoms with Gasteiger partial charge in [0.2, 0.25) is 0 Å². The Hall–Kier alpha value is -1.91. The lowest BCUT2D eigenvalue weighted by Gasteiger charge is -2.34. The zero-order valence-electron chi connectivity index (χ0n) is 15.7. The summed E-state index contributed by atoms with van der Waals surface area (Å²) in [6, 6.07) is 12.8. The van der Waals surface area contributed by atoms with Crippen molar-refractivity contribution in [1.29, 1.82) is 0 Å². The van der Waals surface area contributed by atoms with Gasteiger partial charge in [0, 0.05) is 22.7 Å². The van der Waals surface area contributed by atoms with Gasteiger partial charge in [0.15, 0.2) is 17.1 Å². The summed E-state index contributed by atoms with van der Waals surface area (Å²) in [5, 5.41) is 1.23. The SMILES string of the molecule is COc1cc(Cl)ccc1OC(C)(C)C(=O)N1CCC[C@H]1c1ccc(Cl)cc1. The second-order valence-corrected chi connectivity index (χ2v) is 7.99. The Morgan fingerprint density at radius 2 is 1.74 bits per heavy atom. The Balaban J connectivity index is 1.81. The van der Waals surface area contributed by atoms with E-state index in [2.05, 4.69) is 0 Å². The van der Waals surface area contributed by atoms with Crippen LogP contribution >= 0.6 is 23.2 Å². The van der Waals surface area contributed by atoms with Crippen molar-refractivity contribution in [2.75, 3.05) is 13.7 Å². The number of nitrogens with zero attached hydrogens (tertiary/aromatic N) is 1. The summed E-state index contributed by atoms with van der Waals surface area (Å²) >= 11 is 12.0. The first-order valence-electron chi connectivity index (χ1n) is 8.91. The first-order valence-corrected chi connectivity index (χ1v) is 9.66. The zero-order valence-corrected chi connectivity index (χ0v) is 17.2. The maximum atomic E-state index is 13.3. The van der Waals surface area contributed by atoms with Gasteiger partial charge < -0.3 is 14.4 Å². The van der Waals surface area contributed by atoms with Crippen molar-refractivity contribution in [2.45, 2.75) is 38.3 Å². The molecule has 3 rings (SSSR count). The van der Waals surface area contributed by atoms with Crippen molar-refractivity contribution in [1.82, 2.24) is 4.90 Å².